The van der Waals surface area contributed by atoms with Crippen LogP contribution in [0.25, 0.3) is 11.8 Å². The van der Waals surface area contributed by atoms with Gasteiger partial charge in [0.25, 0.3) is 5.56 Å². The SMILES string of the molecule is CCOC(=O)C1=C(c2ccccc2)N=c2s/c(=C\c3cc(I)cc(I)c3OCC#N)c(=O)n2[C@H]1c1ccc(C(C)C)cc1. The molecule has 0 radical (unpaired) electrons. The smallest absolute Gasteiger partial charge is 0.338 e. The fraction of sp³-hybridized carbons (Fsp3) is 0.212. The average Bonchev–Trinajstić information content (AvgIpc) is 3.30. The second kappa shape index (κ2) is 13.6. The quantitative estimate of drug-likeness (QED) is 0.157. The van der Waals surface area contributed by atoms with Gasteiger partial charge in [0, 0.05) is 14.7 Å². The summed E-state index contributed by atoms with van der Waals surface area (Å²) in [6.07, 6.45) is 1.77. The van der Waals surface area contributed by atoms with E-state index >= 15 is 0 Å². The van der Waals surface area contributed by atoms with E-state index in [1.807, 2.05) is 72.8 Å². The van der Waals surface area contributed by atoms with Crippen molar-refractivity contribution in [1.82, 2.24) is 4.57 Å². The number of carbonyl (C=O) groups is 1. The van der Waals surface area contributed by atoms with Crippen molar-refractivity contribution in [3.8, 4) is 11.8 Å². The first-order chi connectivity index (χ1) is 20.7. The van der Waals surface area contributed by atoms with Crippen molar-refractivity contribution in [2.45, 2.75) is 32.7 Å². The molecule has 4 aromatic rings. The summed E-state index contributed by atoms with van der Waals surface area (Å²) >= 11 is 5.63. The highest BCUT2D eigenvalue weighted by Crippen LogP contribution is 2.36. The van der Waals surface area contributed by atoms with E-state index in [2.05, 4.69) is 59.0 Å². The lowest BCUT2D eigenvalue weighted by atomic mass is 9.91. The second-order valence-corrected chi connectivity index (χ2v) is 13.4. The highest BCUT2D eigenvalue weighted by Gasteiger charge is 2.35. The number of thiazole rings is 1. The molecule has 0 aliphatic carbocycles. The zero-order valence-electron chi connectivity index (χ0n) is 23.6. The Morgan fingerprint density at radius 3 is 2.51 bits per heavy atom. The minimum Gasteiger partial charge on any atom is -0.477 e. The molecular weight excluding hydrogens is 788 g/mol. The van der Waals surface area contributed by atoms with Crippen molar-refractivity contribution in [2.24, 2.45) is 4.99 Å². The number of halogens is 2. The van der Waals surface area contributed by atoms with Crippen molar-refractivity contribution in [2.75, 3.05) is 13.2 Å². The van der Waals surface area contributed by atoms with E-state index in [-0.39, 0.29) is 18.8 Å². The molecule has 0 amide bonds. The molecular formula is C33H27I2N3O4S. The van der Waals surface area contributed by atoms with Crippen LogP contribution in [0.15, 0.2) is 82.1 Å². The van der Waals surface area contributed by atoms with Crippen LogP contribution in [0.4, 0.5) is 0 Å². The lowest BCUT2D eigenvalue weighted by molar-refractivity contribution is -0.138. The van der Waals surface area contributed by atoms with Crippen LogP contribution in [0.2, 0.25) is 0 Å². The van der Waals surface area contributed by atoms with E-state index in [1.54, 1.807) is 17.6 Å². The number of carbonyl (C=O) groups excluding carboxylic acids is 1. The number of benzene rings is 3. The lowest BCUT2D eigenvalue weighted by Gasteiger charge is -2.26. The number of esters is 1. The van der Waals surface area contributed by atoms with E-state index in [4.69, 9.17) is 19.7 Å². The third kappa shape index (κ3) is 6.49. The van der Waals surface area contributed by atoms with Crippen LogP contribution in [0.3, 0.4) is 0 Å². The third-order valence-electron chi connectivity index (χ3n) is 6.90. The molecule has 7 nitrogen and oxygen atoms in total. The Bertz CT molecular complexity index is 1940. The number of hydrogen-bond acceptors (Lipinski definition) is 7. The molecule has 0 N–H and O–H groups in total. The highest BCUT2D eigenvalue weighted by atomic mass is 127. The van der Waals surface area contributed by atoms with E-state index in [0.717, 1.165) is 23.8 Å². The molecule has 0 bridgehead atoms. The molecule has 1 atom stereocenters. The summed E-state index contributed by atoms with van der Waals surface area (Å²) in [4.78, 5) is 33.3. The van der Waals surface area contributed by atoms with Crippen molar-refractivity contribution in [3.05, 3.63) is 121 Å². The number of hydrogen-bond donors (Lipinski definition) is 0. The topological polar surface area (TPSA) is 93.7 Å². The Kier molecular flexibility index (Phi) is 9.83. The normalized spacial score (nSPS) is 14.7. The number of fused-ring (bicyclic) bond motifs is 1. The highest BCUT2D eigenvalue weighted by molar-refractivity contribution is 14.1. The van der Waals surface area contributed by atoms with Crippen LogP contribution < -0.4 is 19.6 Å². The van der Waals surface area contributed by atoms with Gasteiger partial charge < -0.3 is 9.47 Å². The van der Waals surface area contributed by atoms with Crippen molar-refractivity contribution in [3.63, 3.8) is 0 Å². The van der Waals surface area contributed by atoms with E-state index < -0.39 is 12.0 Å². The molecule has 218 valence electrons. The van der Waals surface area contributed by atoms with Crippen molar-refractivity contribution >= 4 is 74.3 Å². The first-order valence-electron chi connectivity index (χ1n) is 13.6. The molecule has 0 spiro atoms. The minimum absolute atomic E-state index is 0.117. The second-order valence-electron chi connectivity index (χ2n) is 10.0. The molecule has 3 aromatic carbocycles. The molecule has 10 heteroatoms. The maximum atomic E-state index is 14.3. The van der Waals surface area contributed by atoms with Crippen LogP contribution in [-0.4, -0.2) is 23.8 Å². The fourth-order valence-electron chi connectivity index (χ4n) is 4.90. The summed E-state index contributed by atoms with van der Waals surface area (Å²) in [5.41, 5.74) is 3.88. The molecule has 1 aliphatic rings. The molecule has 43 heavy (non-hydrogen) atoms. The van der Waals surface area contributed by atoms with Crippen LogP contribution in [0.5, 0.6) is 5.75 Å². The summed E-state index contributed by atoms with van der Waals surface area (Å²) in [7, 11) is 0. The van der Waals surface area contributed by atoms with Gasteiger partial charge >= 0.3 is 5.97 Å². The van der Waals surface area contributed by atoms with Crippen LogP contribution in [0, 0.1) is 18.5 Å². The van der Waals surface area contributed by atoms with Gasteiger partial charge in [-0.25, -0.2) is 9.79 Å². The van der Waals surface area contributed by atoms with Gasteiger partial charge in [0.05, 0.1) is 32.0 Å². The predicted molar refractivity (Wildman–Crippen MR) is 185 cm³/mol. The summed E-state index contributed by atoms with van der Waals surface area (Å²) < 4.78 is 15.1. The van der Waals surface area contributed by atoms with E-state index in [9.17, 15) is 9.59 Å². The zero-order chi connectivity index (χ0) is 30.7. The monoisotopic (exact) mass is 815 g/mol. The zero-order valence-corrected chi connectivity index (χ0v) is 28.8. The summed E-state index contributed by atoms with van der Waals surface area (Å²) in [5.74, 6) is 0.341. The molecule has 1 aromatic heterocycles. The Morgan fingerprint density at radius 1 is 1.14 bits per heavy atom. The largest absolute Gasteiger partial charge is 0.477 e. The maximum Gasteiger partial charge on any atom is 0.338 e. The predicted octanol–water partition coefficient (Wildman–Crippen LogP) is 6.17. The van der Waals surface area contributed by atoms with Crippen molar-refractivity contribution in [1.29, 1.82) is 5.26 Å². The van der Waals surface area contributed by atoms with Crippen LogP contribution >= 0.6 is 56.5 Å². The number of nitriles is 1. The van der Waals surface area contributed by atoms with Gasteiger partial charge in [-0.3, -0.25) is 9.36 Å². The van der Waals surface area contributed by atoms with Gasteiger partial charge in [0.15, 0.2) is 11.4 Å². The standard InChI is InChI=1S/C33H27I2N3O4S/c1-4-41-32(40)27-28(21-8-6-5-7-9-21)37-33-38(29(27)22-12-10-20(11-13-22)19(2)3)31(39)26(43-33)17-23-16-24(34)18-25(35)30(23)42-15-14-36/h5-13,16-19,29H,4,15H2,1-3H3/b26-17-/t29-/m0/s1. The average molecular weight is 815 g/mol. The minimum atomic E-state index is -0.751. The number of aromatic nitrogens is 1. The molecule has 2 heterocycles. The lowest BCUT2D eigenvalue weighted by Crippen LogP contribution is -2.40. The Balaban J connectivity index is 1.82. The van der Waals surface area contributed by atoms with Gasteiger partial charge in [-0.1, -0.05) is 79.8 Å². The number of rotatable bonds is 8. The van der Waals surface area contributed by atoms with Gasteiger partial charge in [-0.05, 0) is 87.4 Å². The Labute approximate surface area is 280 Å². The fourth-order valence-corrected chi connectivity index (χ4v) is 7.94. The Morgan fingerprint density at radius 2 is 1.86 bits per heavy atom. The first kappa shape index (κ1) is 31.2. The Hall–Kier alpha value is -3.28. The third-order valence-corrected chi connectivity index (χ3v) is 9.30. The molecule has 5 rings (SSSR count). The number of nitrogens with zero attached hydrogens (tertiary/aromatic N) is 3. The van der Waals surface area contributed by atoms with Crippen LogP contribution in [-0.2, 0) is 9.53 Å². The van der Waals surface area contributed by atoms with Gasteiger partial charge in [0.2, 0.25) is 0 Å². The maximum absolute atomic E-state index is 14.3. The first-order valence-corrected chi connectivity index (χ1v) is 16.6. The van der Waals surface area contributed by atoms with Crippen molar-refractivity contribution < 1.29 is 14.3 Å². The summed E-state index contributed by atoms with van der Waals surface area (Å²) in [6.45, 7) is 6.07. The molecule has 0 unspecified atom stereocenters. The van der Waals surface area contributed by atoms with E-state index in [0.29, 0.717) is 37.8 Å². The molecule has 0 fully saturated rings. The molecule has 0 saturated carbocycles. The molecule has 1 aliphatic heterocycles. The van der Waals surface area contributed by atoms with E-state index in [1.165, 1.54) is 11.3 Å². The van der Waals surface area contributed by atoms with Gasteiger partial charge in [-0.2, -0.15) is 5.26 Å². The summed E-state index contributed by atoms with van der Waals surface area (Å²) in [5, 5.41) is 9.12. The van der Waals surface area contributed by atoms with Gasteiger partial charge in [-0.15, -0.1) is 0 Å². The van der Waals surface area contributed by atoms with Crippen LogP contribution in [0.1, 0.15) is 55.0 Å². The van der Waals surface area contributed by atoms with Gasteiger partial charge in [0.1, 0.15) is 11.8 Å². The molecule has 0 saturated heterocycles. The summed E-state index contributed by atoms with van der Waals surface area (Å²) in [6, 6.07) is 22.6. The number of ether oxygens (including phenoxy) is 2.